The second-order valence-corrected chi connectivity index (χ2v) is 6.59. The van der Waals surface area contributed by atoms with E-state index in [1.54, 1.807) is 18.2 Å². The van der Waals surface area contributed by atoms with Crippen molar-refractivity contribution in [2.24, 2.45) is 0 Å². The van der Waals surface area contributed by atoms with Crippen LogP contribution in [0.1, 0.15) is 32.0 Å². The molecule has 6 nitrogen and oxygen atoms in total. The van der Waals surface area contributed by atoms with Crippen LogP contribution in [0, 0.1) is 6.92 Å². The number of amides is 1. The Morgan fingerprint density at radius 1 is 0.966 bits per heavy atom. The van der Waals surface area contributed by atoms with Crippen molar-refractivity contribution in [2.75, 3.05) is 6.61 Å². The summed E-state index contributed by atoms with van der Waals surface area (Å²) in [6, 6.07) is 18.4. The number of hydrogen-bond acceptors (Lipinski definition) is 5. The van der Waals surface area contributed by atoms with Gasteiger partial charge in [-0.2, -0.15) is 0 Å². The lowest BCUT2D eigenvalue weighted by Crippen LogP contribution is -2.43. The molecule has 0 aliphatic carbocycles. The van der Waals surface area contributed by atoms with Crippen LogP contribution in [0.15, 0.2) is 77.4 Å². The fourth-order valence-electron chi connectivity index (χ4n) is 2.74. The van der Waals surface area contributed by atoms with Crippen molar-refractivity contribution >= 4 is 17.7 Å². The zero-order valence-corrected chi connectivity index (χ0v) is 16.0. The van der Waals surface area contributed by atoms with Crippen molar-refractivity contribution in [1.29, 1.82) is 0 Å². The first-order valence-electron chi connectivity index (χ1n) is 9.18. The molecule has 1 heterocycles. The lowest BCUT2D eigenvalue weighted by atomic mass is 10.1. The van der Waals surface area contributed by atoms with Crippen molar-refractivity contribution < 1.29 is 23.5 Å². The van der Waals surface area contributed by atoms with Crippen molar-refractivity contribution in [1.82, 2.24) is 5.32 Å². The lowest BCUT2D eigenvalue weighted by Gasteiger charge is -2.17. The Hall–Kier alpha value is -3.67. The summed E-state index contributed by atoms with van der Waals surface area (Å²) in [5.41, 5.74) is 2.34. The van der Waals surface area contributed by atoms with Gasteiger partial charge in [0, 0.05) is 12.0 Å². The van der Waals surface area contributed by atoms with E-state index in [0.29, 0.717) is 5.56 Å². The molecule has 1 aromatic heterocycles. The van der Waals surface area contributed by atoms with Gasteiger partial charge in [-0.05, 0) is 24.6 Å². The molecule has 0 bridgehead atoms. The average molecular weight is 391 g/mol. The smallest absolute Gasteiger partial charge is 0.329 e. The number of ether oxygens (including phenoxy) is 1. The largest absolute Gasteiger partial charge is 0.459 e. The van der Waals surface area contributed by atoms with Gasteiger partial charge in [-0.1, -0.05) is 60.2 Å². The van der Waals surface area contributed by atoms with E-state index in [4.69, 9.17) is 9.15 Å². The van der Waals surface area contributed by atoms with Crippen LogP contribution in [0.5, 0.6) is 0 Å². The Morgan fingerprint density at radius 3 is 2.34 bits per heavy atom. The van der Waals surface area contributed by atoms with Gasteiger partial charge in [0.2, 0.25) is 0 Å². The molecule has 0 radical (unpaired) electrons. The number of Topliss-reactive ketones (excluding diaryl/α,β-unsaturated/α-hetero) is 1. The summed E-state index contributed by atoms with van der Waals surface area (Å²) in [4.78, 5) is 37.2. The first kappa shape index (κ1) is 20.1. The maximum absolute atomic E-state index is 12.6. The number of esters is 1. The highest BCUT2D eigenvalue weighted by Gasteiger charge is 2.25. The van der Waals surface area contributed by atoms with Crippen molar-refractivity contribution in [3.63, 3.8) is 0 Å². The van der Waals surface area contributed by atoms with Crippen LogP contribution >= 0.6 is 0 Å². The Balaban J connectivity index is 1.66. The molecule has 0 unspecified atom stereocenters. The number of carbonyl (C=O) groups excluding carboxylic acids is 3. The van der Waals surface area contributed by atoms with Gasteiger partial charge in [-0.15, -0.1) is 0 Å². The highest BCUT2D eigenvalue weighted by atomic mass is 16.5. The van der Waals surface area contributed by atoms with Crippen molar-refractivity contribution in [2.45, 2.75) is 19.4 Å². The van der Waals surface area contributed by atoms with Crippen molar-refractivity contribution in [3.8, 4) is 0 Å². The Morgan fingerprint density at radius 2 is 1.69 bits per heavy atom. The van der Waals surface area contributed by atoms with E-state index in [-0.39, 0.29) is 18.0 Å². The van der Waals surface area contributed by atoms with Crippen LogP contribution in [0.2, 0.25) is 0 Å². The molecule has 1 amide bonds. The molecular weight excluding hydrogens is 370 g/mol. The summed E-state index contributed by atoms with van der Waals surface area (Å²) in [6.07, 6.45) is 1.60. The fourth-order valence-corrected chi connectivity index (χ4v) is 2.74. The molecule has 1 N–H and O–H groups in total. The van der Waals surface area contributed by atoms with Crippen LogP contribution in [0.4, 0.5) is 0 Å². The number of ketones is 1. The quantitative estimate of drug-likeness (QED) is 0.470. The third kappa shape index (κ3) is 5.65. The summed E-state index contributed by atoms with van der Waals surface area (Å²) in [5.74, 6) is -1.44. The molecule has 0 aliphatic rings. The lowest BCUT2D eigenvalue weighted by molar-refractivity contribution is -0.144. The minimum absolute atomic E-state index is 0.0894. The van der Waals surface area contributed by atoms with Gasteiger partial charge < -0.3 is 14.5 Å². The Kier molecular flexibility index (Phi) is 6.58. The van der Waals surface area contributed by atoms with Gasteiger partial charge in [0.25, 0.3) is 5.91 Å². The monoisotopic (exact) mass is 391 g/mol. The molecule has 0 fully saturated rings. The molecule has 1 atom stereocenters. The Labute approximate surface area is 168 Å². The predicted molar refractivity (Wildman–Crippen MR) is 107 cm³/mol. The highest BCUT2D eigenvalue weighted by Crippen LogP contribution is 2.09. The predicted octanol–water partition coefficient (Wildman–Crippen LogP) is 3.36. The van der Waals surface area contributed by atoms with E-state index in [1.807, 2.05) is 49.4 Å². The summed E-state index contributed by atoms with van der Waals surface area (Å²) < 4.78 is 10.3. The number of aryl methyl sites for hydroxylation is 1. The maximum atomic E-state index is 12.6. The normalized spacial score (nSPS) is 11.5. The van der Waals surface area contributed by atoms with Crippen molar-refractivity contribution in [3.05, 3.63) is 95.4 Å². The van der Waals surface area contributed by atoms with Gasteiger partial charge in [-0.3, -0.25) is 9.59 Å². The molecular formula is C23H21NO5. The number of hydrogen-bond donors (Lipinski definition) is 1. The van der Waals surface area contributed by atoms with E-state index < -0.39 is 24.5 Å². The average Bonchev–Trinajstić information content (AvgIpc) is 3.27. The number of benzene rings is 2. The highest BCUT2D eigenvalue weighted by molar-refractivity contribution is 5.99. The first-order chi connectivity index (χ1) is 14.0. The molecule has 148 valence electrons. The zero-order chi connectivity index (χ0) is 20.6. The maximum Gasteiger partial charge on any atom is 0.329 e. The third-order valence-corrected chi connectivity index (χ3v) is 4.34. The van der Waals surface area contributed by atoms with E-state index in [1.165, 1.54) is 12.3 Å². The number of furan rings is 1. The van der Waals surface area contributed by atoms with Crippen LogP contribution in [-0.4, -0.2) is 30.3 Å². The van der Waals surface area contributed by atoms with E-state index in [0.717, 1.165) is 11.1 Å². The second-order valence-electron chi connectivity index (χ2n) is 6.59. The summed E-state index contributed by atoms with van der Waals surface area (Å²) >= 11 is 0. The zero-order valence-electron chi connectivity index (χ0n) is 16.0. The molecule has 0 saturated carbocycles. The SMILES string of the molecule is Cc1ccc(C(=O)COC(=O)[C@@H](Cc2ccccc2)NC(=O)c2ccco2)cc1. The Bertz CT molecular complexity index is 962. The van der Waals surface area contributed by atoms with Crippen LogP contribution < -0.4 is 5.32 Å². The molecule has 29 heavy (non-hydrogen) atoms. The molecule has 0 saturated heterocycles. The van der Waals surface area contributed by atoms with E-state index >= 15 is 0 Å². The van der Waals surface area contributed by atoms with Gasteiger partial charge in [0.1, 0.15) is 6.04 Å². The number of nitrogens with one attached hydrogen (secondary N) is 1. The summed E-state index contributed by atoms with van der Waals surface area (Å²) in [7, 11) is 0. The number of carbonyl (C=O) groups is 3. The minimum Gasteiger partial charge on any atom is -0.459 e. The minimum atomic E-state index is -0.958. The van der Waals surface area contributed by atoms with Gasteiger partial charge >= 0.3 is 5.97 Å². The first-order valence-corrected chi connectivity index (χ1v) is 9.18. The standard InChI is InChI=1S/C23H21NO5/c1-16-9-11-18(12-10-16)20(25)15-29-23(27)19(14-17-6-3-2-4-7-17)24-22(26)21-8-5-13-28-21/h2-13,19H,14-15H2,1H3,(H,24,26)/t19-/m1/s1. The molecule has 3 aromatic rings. The van der Waals surface area contributed by atoms with Crippen LogP contribution in [0.25, 0.3) is 0 Å². The summed E-state index contributed by atoms with van der Waals surface area (Å²) in [6.45, 7) is 1.52. The molecule has 6 heteroatoms. The van der Waals surface area contributed by atoms with E-state index in [9.17, 15) is 14.4 Å². The second kappa shape index (κ2) is 9.50. The molecule has 0 spiro atoms. The molecule has 3 rings (SSSR count). The van der Waals surface area contributed by atoms with Crippen LogP contribution in [-0.2, 0) is 16.0 Å². The topological polar surface area (TPSA) is 85.6 Å². The van der Waals surface area contributed by atoms with Gasteiger partial charge in [0.05, 0.1) is 6.26 Å². The van der Waals surface area contributed by atoms with Crippen LogP contribution in [0.3, 0.4) is 0 Å². The fraction of sp³-hybridized carbons (Fsp3) is 0.174. The van der Waals surface area contributed by atoms with Gasteiger partial charge in [0.15, 0.2) is 18.2 Å². The molecule has 0 aliphatic heterocycles. The van der Waals surface area contributed by atoms with E-state index in [2.05, 4.69) is 5.32 Å². The third-order valence-electron chi connectivity index (χ3n) is 4.34. The van der Waals surface area contributed by atoms with Gasteiger partial charge in [-0.25, -0.2) is 4.79 Å². The summed E-state index contributed by atoms with van der Waals surface area (Å²) in [5, 5.41) is 2.62. The molecule has 2 aromatic carbocycles. The number of rotatable bonds is 8.